The number of nitrogens with two attached hydrogens (primary N) is 1. The molecule has 2 aliphatic heterocycles. The molecule has 2 N–H and O–H groups in total. The molecule has 0 radical (unpaired) electrons. The van der Waals surface area contributed by atoms with Crippen LogP contribution in [0.5, 0.6) is 0 Å². The highest BCUT2D eigenvalue weighted by Gasteiger charge is 2.40. The highest BCUT2D eigenvalue weighted by molar-refractivity contribution is 7.16. The predicted octanol–water partition coefficient (Wildman–Crippen LogP) is 2.22. The molecule has 0 aliphatic carbocycles. The number of carbonyl (C=O) groups is 1. The van der Waals surface area contributed by atoms with E-state index in [-0.39, 0.29) is 5.78 Å². The summed E-state index contributed by atoms with van der Waals surface area (Å²) in [5.74, 6) is 0.124. The number of nitrogen functional groups attached to an aromatic ring is 1. The molecule has 3 heterocycles. The quantitative estimate of drug-likeness (QED) is 0.761. The number of hydrogen-bond donors (Lipinski definition) is 1. The van der Waals surface area contributed by atoms with Crippen LogP contribution < -0.4 is 5.73 Å². The maximum Gasteiger partial charge on any atom is 0.163 e. The van der Waals surface area contributed by atoms with Crippen molar-refractivity contribution in [2.24, 2.45) is 0 Å². The lowest BCUT2D eigenvalue weighted by atomic mass is 9.96. The summed E-state index contributed by atoms with van der Waals surface area (Å²) >= 11 is 1.62. The second-order valence-electron chi connectivity index (χ2n) is 4.86. The first kappa shape index (κ1) is 10.3. The topological polar surface area (TPSA) is 46.3 Å². The van der Waals surface area contributed by atoms with Crippen molar-refractivity contribution in [1.82, 2.24) is 4.90 Å². The number of rotatable bonds is 1. The predicted molar refractivity (Wildman–Crippen MR) is 66.0 cm³/mol. The summed E-state index contributed by atoms with van der Waals surface area (Å²) in [6, 6.07) is 1.12. The molecule has 1 fully saturated rings. The van der Waals surface area contributed by atoms with E-state index in [1.165, 1.54) is 23.3 Å². The number of likely N-dealkylation sites (N-methyl/N-ethyl adjacent to an activating group) is 1. The van der Waals surface area contributed by atoms with E-state index in [0.29, 0.717) is 12.1 Å². The monoisotopic (exact) mass is 236 g/mol. The Morgan fingerprint density at radius 1 is 1.50 bits per heavy atom. The Morgan fingerprint density at radius 3 is 2.94 bits per heavy atom. The molecule has 0 aromatic carbocycles. The van der Waals surface area contributed by atoms with Gasteiger partial charge >= 0.3 is 0 Å². The summed E-state index contributed by atoms with van der Waals surface area (Å²) in [5, 5.41) is 0.721. The smallest absolute Gasteiger partial charge is 0.163 e. The van der Waals surface area contributed by atoms with Crippen LogP contribution in [0.3, 0.4) is 0 Å². The van der Waals surface area contributed by atoms with Gasteiger partial charge in [0, 0.05) is 17.0 Å². The van der Waals surface area contributed by atoms with E-state index >= 15 is 0 Å². The molecule has 2 atom stereocenters. The Bertz CT molecular complexity index is 466. The Labute approximate surface area is 99.2 Å². The molecule has 16 heavy (non-hydrogen) atoms. The maximum atomic E-state index is 11.6. The van der Waals surface area contributed by atoms with Crippen LogP contribution >= 0.6 is 11.3 Å². The highest BCUT2D eigenvalue weighted by atomic mass is 32.1. The van der Waals surface area contributed by atoms with Crippen molar-refractivity contribution in [1.29, 1.82) is 0 Å². The van der Waals surface area contributed by atoms with Crippen LogP contribution in [-0.4, -0.2) is 23.8 Å². The number of hydrogen-bond acceptors (Lipinski definition) is 4. The van der Waals surface area contributed by atoms with E-state index in [4.69, 9.17) is 5.73 Å². The van der Waals surface area contributed by atoms with Gasteiger partial charge in [-0.1, -0.05) is 0 Å². The lowest BCUT2D eigenvalue weighted by Crippen LogP contribution is -2.33. The number of thiophene rings is 1. The van der Waals surface area contributed by atoms with Crippen LogP contribution in [0.1, 0.15) is 46.6 Å². The van der Waals surface area contributed by atoms with Crippen LogP contribution in [0.4, 0.5) is 5.00 Å². The van der Waals surface area contributed by atoms with Crippen molar-refractivity contribution in [2.45, 2.75) is 38.3 Å². The first-order valence-electron chi connectivity index (χ1n) is 5.73. The van der Waals surface area contributed by atoms with Crippen LogP contribution in [-0.2, 0) is 6.42 Å². The number of ketones is 1. The third kappa shape index (κ3) is 1.20. The number of nitrogens with zero attached hydrogens (tertiary/aromatic N) is 1. The highest BCUT2D eigenvalue weighted by Crippen LogP contribution is 2.48. The molecule has 1 aromatic heterocycles. The van der Waals surface area contributed by atoms with Crippen LogP contribution in [0.15, 0.2) is 0 Å². The van der Waals surface area contributed by atoms with Gasteiger partial charge in [-0.2, -0.15) is 0 Å². The summed E-state index contributed by atoms with van der Waals surface area (Å²) in [6.45, 7) is 1.62. The molecule has 0 spiro atoms. The van der Waals surface area contributed by atoms with Crippen LogP contribution in [0.25, 0.3) is 0 Å². The summed E-state index contributed by atoms with van der Waals surface area (Å²) in [6.07, 6.45) is 3.47. The van der Waals surface area contributed by atoms with Gasteiger partial charge in [-0.15, -0.1) is 11.3 Å². The Hall–Kier alpha value is -0.870. The Kier molecular flexibility index (Phi) is 2.13. The molecule has 2 unspecified atom stereocenters. The van der Waals surface area contributed by atoms with Gasteiger partial charge in [0.15, 0.2) is 5.78 Å². The summed E-state index contributed by atoms with van der Waals surface area (Å²) in [7, 11) is 2.19. The van der Waals surface area contributed by atoms with E-state index < -0.39 is 0 Å². The zero-order chi connectivity index (χ0) is 11.4. The minimum Gasteiger partial charge on any atom is -0.390 e. The van der Waals surface area contributed by atoms with E-state index in [0.717, 1.165) is 17.0 Å². The molecule has 86 valence electrons. The van der Waals surface area contributed by atoms with Gasteiger partial charge in [0.1, 0.15) is 0 Å². The average molecular weight is 236 g/mol. The largest absolute Gasteiger partial charge is 0.390 e. The second-order valence-corrected chi connectivity index (χ2v) is 5.94. The number of Topliss-reactive ketones (excluding diaryl/α,β-unsaturated/α-hetero) is 1. The maximum absolute atomic E-state index is 11.6. The van der Waals surface area contributed by atoms with Gasteiger partial charge in [0.05, 0.1) is 10.6 Å². The summed E-state index contributed by atoms with van der Waals surface area (Å²) in [4.78, 5) is 15.4. The van der Waals surface area contributed by atoms with Crippen molar-refractivity contribution < 1.29 is 4.79 Å². The minimum atomic E-state index is 0.124. The second kappa shape index (κ2) is 3.31. The van der Waals surface area contributed by atoms with E-state index in [2.05, 4.69) is 11.9 Å². The van der Waals surface area contributed by atoms with Crippen molar-refractivity contribution in [3.8, 4) is 0 Å². The van der Waals surface area contributed by atoms with Crippen molar-refractivity contribution in [3.05, 3.63) is 16.0 Å². The molecule has 1 aromatic rings. The van der Waals surface area contributed by atoms with Crippen molar-refractivity contribution in [2.75, 3.05) is 12.8 Å². The third-order valence-electron chi connectivity index (χ3n) is 4.00. The van der Waals surface area contributed by atoms with Crippen molar-refractivity contribution >= 4 is 22.1 Å². The SMILES string of the molecule is CC(=O)c1c(N)sc2c1CC1CCC2N1C. The fourth-order valence-electron chi connectivity index (χ4n) is 3.17. The molecular formula is C12H16N2OS. The lowest BCUT2D eigenvalue weighted by molar-refractivity contribution is 0.101. The number of carbonyl (C=O) groups excluding carboxylic acids is 1. The molecule has 2 aliphatic rings. The van der Waals surface area contributed by atoms with Gasteiger partial charge in [0.2, 0.25) is 0 Å². The molecule has 3 rings (SSSR count). The van der Waals surface area contributed by atoms with Gasteiger partial charge in [-0.3, -0.25) is 9.69 Å². The Morgan fingerprint density at radius 2 is 2.25 bits per heavy atom. The normalized spacial score (nSPS) is 28.1. The number of fused-ring (bicyclic) bond motifs is 4. The number of anilines is 1. The zero-order valence-electron chi connectivity index (χ0n) is 9.62. The fourth-order valence-corrected chi connectivity index (χ4v) is 4.51. The van der Waals surface area contributed by atoms with E-state index in [9.17, 15) is 4.79 Å². The molecule has 3 nitrogen and oxygen atoms in total. The third-order valence-corrected chi connectivity index (χ3v) is 5.16. The van der Waals surface area contributed by atoms with Gasteiger partial charge in [0.25, 0.3) is 0 Å². The van der Waals surface area contributed by atoms with Crippen LogP contribution in [0.2, 0.25) is 0 Å². The zero-order valence-corrected chi connectivity index (χ0v) is 10.4. The molecule has 0 amide bonds. The fraction of sp³-hybridized carbons (Fsp3) is 0.583. The van der Waals surface area contributed by atoms with Gasteiger partial charge in [-0.05, 0) is 38.8 Å². The summed E-state index contributed by atoms with van der Waals surface area (Å²) in [5.41, 5.74) is 8.04. The van der Waals surface area contributed by atoms with E-state index in [1.54, 1.807) is 18.3 Å². The molecule has 1 saturated heterocycles. The van der Waals surface area contributed by atoms with Crippen molar-refractivity contribution in [3.63, 3.8) is 0 Å². The lowest BCUT2D eigenvalue weighted by Gasteiger charge is -2.31. The van der Waals surface area contributed by atoms with E-state index in [1.807, 2.05) is 0 Å². The summed E-state index contributed by atoms with van der Waals surface area (Å²) < 4.78 is 0. The standard InChI is InChI=1S/C12H16N2OS/c1-6(15)10-8-5-7-3-4-9(14(7)2)11(8)16-12(10)13/h7,9H,3-5,13H2,1-2H3. The minimum absolute atomic E-state index is 0.124. The molecular weight excluding hydrogens is 220 g/mol. The average Bonchev–Trinajstić information content (AvgIpc) is 2.64. The molecule has 2 bridgehead atoms. The first-order valence-corrected chi connectivity index (χ1v) is 6.55. The molecule has 0 saturated carbocycles. The first-order chi connectivity index (χ1) is 7.59. The van der Waals surface area contributed by atoms with Gasteiger partial charge in [-0.25, -0.2) is 0 Å². The molecule has 4 heteroatoms. The Balaban J connectivity index is 2.16. The van der Waals surface area contributed by atoms with Crippen LogP contribution in [0, 0.1) is 0 Å². The van der Waals surface area contributed by atoms with Gasteiger partial charge < -0.3 is 5.73 Å².